The summed E-state index contributed by atoms with van der Waals surface area (Å²) in [6, 6.07) is 7.25. The second kappa shape index (κ2) is 5.33. The highest BCUT2D eigenvalue weighted by atomic mass is 35.5. The summed E-state index contributed by atoms with van der Waals surface area (Å²) in [5.41, 5.74) is 2.18. The van der Waals surface area contributed by atoms with Gasteiger partial charge in [0.15, 0.2) is 0 Å². The largest absolute Gasteiger partial charge is 0.424 e. The van der Waals surface area contributed by atoms with Gasteiger partial charge < -0.3 is 9.84 Å². The van der Waals surface area contributed by atoms with Gasteiger partial charge in [0.1, 0.15) is 5.75 Å². The highest BCUT2D eigenvalue weighted by molar-refractivity contribution is 6.30. The summed E-state index contributed by atoms with van der Waals surface area (Å²) in [7, 11) is 0. The summed E-state index contributed by atoms with van der Waals surface area (Å²) >= 11 is 5.87. The number of aryl methyl sites for hydroxylation is 2. The van der Waals surface area contributed by atoms with Gasteiger partial charge >= 0.3 is 6.01 Å². The number of halogens is 1. The van der Waals surface area contributed by atoms with Crippen LogP contribution in [0.4, 0.5) is 0 Å². The molecule has 94 valence electrons. The van der Waals surface area contributed by atoms with Gasteiger partial charge in [-0.2, -0.15) is 4.98 Å². The molecule has 2 rings (SSSR count). The van der Waals surface area contributed by atoms with Gasteiger partial charge in [-0.25, -0.2) is 4.98 Å². The summed E-state index contributed by atoms with van der Waals surface area (Å²) < 4.78 is 5.60. The minimum absolute atomic E-state index is 0.140. The molecule has 0 aliphatic heterocycles. The molecular formula is C13H13ClN2O2. The van der Waals surface area contributed by atoms with Crippen LogP contribution in [0.2, 0.25) is 5.02 Å². The average Bonchev–Trinajstić information content (AvgIpc) is 2.32. The summed E-state index contributed by atoms with van der Waals surface area (Å²) in [6.45, 7) is 3.58. The van der Waals surface area contributed by atoms with Crippen LogP contribution in [0.5, 0.6) is 11.8 Å². The van der Waals surface area contributed by atoms with Gasteiger partial charge in [0.2, 0.25) is 0 Å². The van der Waals surface area contributed by atoms with Gasteiger partial charge in [-0.3, -0.25) is 0 Å². The molecule has 0 amide bonds. The summed E-state index contributed by atoms with van der Waals surface area (Å²) in [5, 5.41) is 9.73. The van der Waals surface area contributed by atoms with Crippen LogP contribution in [0.3, 0.4) is 0 Å². The third-order valence-corrected chi connectivity index (χ3v) is 2.62. The van der Waals surface area contributed by atoms with Gasteiger partial charge in [-0.05, 0) is 43.7 Å². The predicted octanol–water partition coefficient (Wildman–Crippen LogP) is 3.03. The molecule has 1 N–H and O–H groups in total. The first-order valence-electron chi connectivity index (χ1n) is 5.48. The van der Waals surface area contributed by atoms with Crippen LogP contribution in [0.1, 0.15) is 17.0 Å². The maximum Gasteiger partial charge on any atom is 0.322 e. The Balaban J connectivity index is 2.30. The molecule has 1 heterocycles. The van der Waals surface area contributed by atoms with Crippen molar-refractivity contribution >= 4 is 11.6 Å². The first kappa shape index (κ1) is 12.8. The fraction of sp³-hybridized carbons (Fsp3) is 0.231. The lowest BCUT2D eigenvalue weighted by Gasteiger charge is -2.08. The van der Waals surface area contributed by atoms with Gasteiger partial charge in [0.25, 0.3) is 0 Å². The number of aliphatic hydroxyl groups excluding tert-OH is 1. The molecule has 4 nitrogen and oxygen atoms in total. The summed E-state index contributed by atoms with van der Waals surface area (Å²) in [4.78, 5) is 8.26. The van der Waals surface area contributed by atoms with E-state index in [1.54, 1.807) is 24.3 Å². The molecule has 18 heavy (non-hydrogen) atoms. The van der Waals surface area contributed by atoms with Crippen molar-refractivity contribution in [3.8, 4) is 11.8 Å². The van der Waals surface area contributed by atoms with Crippen LogP contribution in [-0.4, -0.2) is 15.1 Å². The van der Waals surface area contributed by atoms with Crippen molar-refractivity contribution < 1.29 is 9.84 Å². The molecule has 0 spiro atoms. The second-order valence-corrected chi connectivity index (χ2v) is 4.39. The van der Waals surface area contributed by atoms with Gasteiger partial charge in [0, 0.05) is 10.7 Å². The van der Waals surface area contributed by atoms with Crippen molar-refractivity contribution in [1.82, 2.24) is 9.97 Å². The Bertz CT molecular complexity index is 573. The number of rotatable bonds is 3. The number of hydrogen-bond acceptors (Lipinski definition) is 4. The third-order valence-electron chi connectivity index (χ3n) is 2.39. The van der Waals surface area contributed by atoms with E-state index in [0.29, 0.717) is 16.5 Å². The molecule has 0 atom stereocenters. The molecule has 1 aromatic carbocycles. The zero-order valence-electron chi connectivity index (χ0n) is 10.1. The van der Waals surface area contributed by atoms with Crippen molar-refractivity contribution in [3.63, 3.8) is 0 Å². The maximum atomic E-state index is 9.08. The minimum atomic E-state index is -0.140. The number of benzene rings is 1. The van der Waals surface area contributed by atoms with E-state index in [1.807, 2.05) is 13.8 Å². The standard InChI is InChI=1S/C13H13ClN2O2/c1-8-5-10(14)3-4-12(8)18-13-15-9(2)6-11(7-17)16-13/h3-6,17H,7H2,1-2H3. The summed E-state index contributed by atoms with van der Waals surface area (Å²) in [6.07, 6.45) is 0. The van der Waals surface area contributed by atoms with E-state index in [0.717, 1.165) is 11.3 Å². The highest BCUT2D eigenvalue weighted by Gasteiger charge is 2.06. The second-order valence-electron chi connectivity index (χ2n) is 3.95. The molecule has 1 aromatic heterocycles. The fourth-order valence-electron chi connectivity index (χ4n) is 1.56. The quantitative estimate of drug-likeness (QED) is 0.926. The van der Waals surface area contributed by atoms with Crippen LogP contribution in [0.25, 0.3) is 0 Å². The number of nitrogens with zero attached hydrogens (tertiary/aromatic N) is 2. The lowest BCUT2D eigenvalue weighted by Crippen LogP contribution is -1.99. The molecule has 5 heteroatoms. The van der Waals surface area contributed by atoms with E-state index in [9.17, 15) is 0 Å². The molecule has 0 saturated heterocycles. The highest BCUT2D eigenvalue weighted by Crippen LogP contribution is 2.25. The first-order chi connectivity index (χ1) is 8.58. The Labute approximate surface area is 110 Å². The Morgan fingerprint density at radius 3 is 2.67 bits per heavy atom. The lowest BCUT2D eigenvalue weighted by molar-refractivity contribution is 0.274. The third kappa shape index (κ3) is 2.97. The van der Waals surface area contributed by atoms with Crippen LogP contribution in [0, 0.1) is 13.8 Å². The van der Waals surface area contributed by atoms with Crippen molar-refractivity contribution in [2.24, 2.45) is 0 Å². The molecular weight excluding hydrogens is 252 g/mol. The molecule has 0 unspecified atom stereocenters. The van der Waals surface area contributed by atoms with E-state index < -0.39 is 0 Å². The number of aromatic nitrogens is 2. The fourth-order valence-corrected chi connectivity index (χ4v) is 1.78. The monoisotopic (exact) mass is 264 g/mol. The lowest BCUT2D eigenvalue weighted by atomic mass is 10.2. The predicted molar refractivity (Wildman–Crippen MR) is 69.0 cm³/mol. The molecule has 0 radical (unpaired) electrons. The molecule has 0 aliphatic rings. The molecule has 0 fully saturated rings. The zero-order chi connectivity index (χ0) is 13.1. The van der Waals surface area contributed by atoms with Crippen molar-refractivity contribution in [2.45, 2.75) is 20.5 Å². The van der Waals surface area contributed by atoms with Crippen molar-refractivity contribution in [1.29, 1.82) is 0 Å². The van der Waals surface area contributed by atoms with E-state index in [4.69, 9.17) is 21.4 Å². The van der Waals surface area contributed by atoms with Crippen molar-refractivity contribution in [3.05, 3.63) is 46.2 Å². The van der Waals surface area contributed by atoms with E-state index in [2.05, 4.69) is 9.97 Å². The van der Waals surface area contributed by atoms with Crippen LogP contribution in [0.15, 0.2) is 24.3 Å². The molecule has 0 bridgehead atoms. The van der Waals surface area contributed by atoms with Crippen LogP contribution < -0.4 is 4.74 Å². The van der Waals surface area contributed by atoms with E-state index in [1.165, 1.54) is 0 Å². The SMILES string of the molecule is Cc1cc(CO)nc(Oc2ccc(Cl)cc2C)n1. The molecule has 2 aromatic rings. The number of hydrogen-bond donors (Lipinski definition) is 1. The van der Waals surface area contributed by atoms with Crippen molar-refractivity contribution in [2.75, 3.05) is 0 Å². The maximum absolute atomic E-state index is 9.08. The smallest absolute Gasteiger partial charge is 0.322 e. The normalized spacial score (nSPS) is 10.4. The Morgan fingerprint density at radius 1 is 1.22 bits per heavy atom. The minimum Gasteiger partial charge on any atom is -0.424 e. The van der Waals surface area contributed by atoms with Gasteiger partial charge in [-0.1, -0.05) is 11.6 Å². The first-order valence-corrected chi connectivity index (χ1v) is 5.85. The molecule has 0 aliphatic carbocycles. The Kier molecular flexibility index (Phi) is 3.79. The van der Waals surface area contributed by atoms with Crippen LogP contribution in [-0.2, 0) is 6.61 Å². The van der Waals surface area contributed by atoms with E-state index >= 15 is 0 Å². The van der Waals surface area contributed by atoms with Crippen LogP contribution >= 0.6 is 11.6 Å². The topological polar surface area (TPSA) is 55.2 Å². The van der Waals surface area contributed by atoms with Gasteiger partial charge in [0.05, 0.1) is 12.3 Å². The molecule has 0 saturated carbocycles. The number of ether oxygens (including phenoxy) is 1. The number of aliphatic hydroxyl groups is 1. The summed E-state index contributed by atoms with van der Waals surface area (Å²) in [5.74, 6) is 0.647. The van der Waals surface area contributed by atoms with Gasteiger partial charge in [-0.15, -0.1) is 0 Å². The van der Waals surface area contributed by atoms with E-state index in [-0.39, 0.29) is 12.6 Å². The average molecular weight is 265 g/mol. The zero-order valence-corrected chi connectivity index (χ0v) is 10.9. The Morgan fingerprint density at radius 2 is 2.00 bits per heavy atom. The Hall–Kier alpha value is -1.65.